The van der Waals surface area contributed by atoms with Crippen molar-refractivity contribution in [1.29, 1.82) is 0 Å². The lowest BCUT2D eigenvalue weighted by Gasteiger charge is -2.13. The number of alkyl halides is 3. The van der Waals surface area contributed by atoms with Crippen molar-refractivity contribution in [3.05, 3.63) is 70.4 Å². The Hall–Kier alpha value is -2.80. The molecule has 1 aromatic heterocycles. The molecule has 0 bridgehead atoms. The first kappa shape index (κ1) is 20.9. The molecule has 3 rings (SSSR count). The number of aryl methyl sites for hydroxylation is 1. The molecule has 0 aliphatic heterocycles. The Morgan fingerprint density at radius 2 is 1.90 bits per heavy atom. The third kappa shape index (κ3) is 5.38. The summed E-state index contributed by atoms with van der Waals surface area (Å²) in [6.45, 7) is 0.184. The topological polar surface area (TPSA) is 59.4 Å². The standard InChI is InChI=1S/C21H17ClF3NO3/c22-16-11-19(21(23,24)25)26-17-9-8-13(10-15(16)17)12-29-18-6-2-1-4-14(18)5-3-7-20(27)28/h1-2,4,6,8-11H,3,5,7,12H2,(H,27,28). The van der Waals surface area contributed by atoms with Gasteiger partial charge in [-0.05, 0) is 48.2 Å². The van der Waals surface area contributed by atoms with Gasteiger partial charge >= 0.3 is 12.1 Å². The van der Waals surface area contributed by atoms with Crippen molar-refractivity contribution in [3.63, 3.8) is 0 Å². The van der Waals surface area contributed by atoms with Crippen LogP contribution < -0.4 is 4.74 Å². The molecule has 0 saturated heterocycles. The predicted molar refractivity (Wildman–Crippen MR) is 103 cm³/mol. The number of aliphatic carboxylic acids is 1. The highest BCUT2D eigenvalue weighted by atomic mass is 35.5. The Morgan fingerprint density at radius 3 is 2.62 bits per heavy atom. The molecule has 29 heavy (non-hydrogen) atoms. The smallest absolute Gasteiger partial charge is 0.433 e. The van der Waals surface area contributed by atoms with E-state index in [1.165, 1.54) is 6.07 Å². The molecule has 8 heteroatoms. The molecule has 0 spiro atoms. The van der Waals surface area contributed by atoms with Gasteiger partial charge in [-0.15, -0.1) is 0 Å². The van der Waals surface area contributed by atoms with Crippen LogP contribution in [0.1, 0.15) is 29.7 Å². The predicted octanol–water partition coefficient (Wildman–Crippen LogP) is 5.89. The number of halogens is 4. The van der Waals surface area contributed by atoms with Crippen molar-refractivity contribution in [2.24, 2.45) is 0 Å². The van der Waals surface area contributed by atoms with E-state index in [-0.39, 0.29) is 23.6 Å². The van der Waals surface area contributed by atoms with Gasteiger partial charge in [0.1, 0.15) is 18.1 Å². The molecule has 0 aliphatic carbocycles. The Morgan fingerprint density at radius 1 is 1.14 bits per heavy atom. The van der Waals surface area contributed by atoms with E-state index in [4.69, 9.17) is 21.4 Å². The van der Waals surface area contributed by atoms with Crippen molar-refractivity contribution in [2.75, 3.05) is 0 Å². The molecular formula is C21H17ClF3NO3. The van der Waals surface area contributed by atoms with Gasteiger partial charge < -0.3 is 9.84 Å². The highest BCUT2D eigenvalue weighted by Gasteiger charge is 2.33. The third-order valence-corrected chi connectivity index (χ3v) is 4.63. The van der Waals surface area contributed by atoms with E-state index in [2.05, 4.69) is 4.98 Å². The van der Waals surface area contributed by atoms with Crippen molar-refractivity contribution >= 4 is 28.5 Å². The van der Waals surface area contributed by atoms with Gasteiger partial charge in [0.05, 0.1) is 10.5 Å². The number of hydrogen-bond donors (Lipinski definition) is 1. The Balaban J connectivity index is 1.76. The number of aromatic nitrogens is 1. The van der Waals surface area contributed by atoms with E-state index in [0.717, 1.165) is 17.2 Å². The van der Waals surface area contributed by atoms with Crippen LogP contribution in [0.4, 0.5) is 13.2 Å². The van der Waals surface area contributed by atoms with E-state index >= 15 is 0 Å². The Kier molecular flexibility index (Phi) is 6.27. The summed E-state index contributed by atoms with van der Waals surface area (Å²) in [6, 6.07) is 12.9. The molecule has 0 amide bonds. The summed E-state index contributed by atoms with van der Waals surface area (Å²) < 4.78 is 44.5. The van der Waals surface area contributed by atoms with E-state index in [1.807, 2.05) is 18.2 Å². The van der Waals surface area contributed by atoms with Crippen LogP contribution in [0.3, 0.4) is 0 Å². The minimum Gasteiger partial charge on any atom is -0.489 e. The lowest BCUT2D eigenvalue weighted by molar-refractivity contribution is -0.141. The van der Waals surface area contributed by atoms with E-state index < -0.39 is 17.8 Å². The third-order valence-electron chi connectivity index (χ3n) is 4.32. The van der Waals surface area contributed by atoms with Crippen LogP contribution in [0.5, 0.6) is 5.75 Å². The first-order chi connectivity index (χ1) is 13.7. The first-order valence-electron chi connectivity index (χ1n) is 8.83. The van der Waals surface area contributed by atoms with Crippen molar-refractivity contribution in [3.8, 4) is 5.75 Å². The minimum atomic E-state index is -4.57. The average Bonchev–Trinajstić information content (AvgIpc) is 2.66. The monoisotopic (exact) mass is 423 g/mol. The number of para-hydroxylation sites is 1. The number of ether oxygens (including phenoxy) is 1. The number of carbonyl (C=O) groups is 1. The molecule has 4 nitrogen and oxygen atoms in total. The molecule has 1 heterocycles. The van der Waals surface area contributed by atoms with Gasteiger partial charge in [0.15, 0.2) is 0 Å². The zero-order valence-corrected chi connectivity index (χ0v) is 15.9. The van der Waals surface area contributed by atoms with Gasteiger partial charge in [-0.2, -0.15) is 13.2 Å². The maximum atomic E-state index is 12.9. The Bertz CT molecular complexity index is 1040. The van der Waals surface area contributed by atoms with Crippen LogP contribution in [0.15, 0.2) is 48.5 Å². The molecular weight excluding hydrogens is 407 g/mol. The normalized spacial score (nSPS) is 11.6. The fourth-order valence-corrected chi connectivity index (χ4v) is 3.16. The molecule has 2 aromatic carbocycles. The molecule has 152 valence electrons. The number of rotatable bonds is 7. The first-order valence-corrected chi connectivity index (χ1v) is 9.21. The molecule has 0 fully saturated rings. The SMILES string of the molecule is O=C(O)CCCc1ccccc1OCc1ccc2nc(C(F)(F)F)cc(Cl)c2c1. The molecule has 0 atom stereocenters. The quantitative estimate of drug-likeness (QED) is 0.514. The van der Waals surface area contributed by atoms with Crippen LogP contribution in [-0.4, -0.2) is 16.1 Å². The number of carboxylic acids is 1. The van der Waals surface area contributed by atoms with Crippen LogP contribution in [-0.2, 0) is 24.0 Å². The summed E-state index contributed by atoms with van der Waals surface area (Å²) in [4.78, 5) is 14.3. The highest BCUT2D eigenvalue weighted by molar-refractivity contribution is 6.35. The maximum absolute atomic E-state index is 12.9. The van der Waals surface area contributed by atoms with Gasteiger partial charge in [-0.1, -0.05) is 35.9 Å². The number of pyridine rings is 1. The summed E-state index contributed by atoms with van der Waals surface area (Å²) in [6.07, 6.45) is -3.43. The average molecular weight is 424 g/mol. The van der Waals surface area contributed by atoms with Crippen LogP contribution in [0.25, 0.3) is 10.9 Å². The van der Waals surface area contributed by atoms with E-state index in [1.54, 1.807) is 18.2 Å². The van der Waals surface area contributed by atoms with Gasteiger partial charge in [-0.3, -0.25) is 4.79 Å². The summed E-state index contributed by atoms with van der Waals surface area (Å²) in [5, 5.41) is 9.16. The zero-order chi connectivity index (χ0) is 21.0. The summed E-state index contributed by atoms with van der Waals surface area (Å²) >= 11 is 6.04. The molecule has 0 aliphatic rings. The van der Waals surface area contributed by atoms with Crippen molar-refractivity contribution < 1.29 is 27.8 Å². The molecule has 3 aromatic rings. The zero-order valence-electron chi connectivity index (χ0n) is 15.2. The number of nitrogens with zero attached hydrogens (tertiary/aromatic N) is 1. The number of fused-ring (bicyclic) bond motifs is 1. The number of carboxylic acid groups (broad SMARTS) is 1. The largest absolute Gasteiger partial charge is 0.489 e. The highest BCUT2D eigenvalue weighted by Crippen LogP contribution is 2.33. The van der Waals surface area contributed by atoms with Gasteiger partial charge in [0.2, 0.25) is 0 Å². The maximum Gasteiger partial charge on any atom is 0.433 e. The molecule has 1 N–H and O–H groups in total. The lowest BCUT2D eigenvalue weighted by Crippen LogP contribution is -2.08. The van der Waals surface area contributed by atoms with E-state index in [0.29, 0.717) is 24.0 Å². The fourth-order valence-electron chi connectivity index (χ4n) is 2.91. The molecule has 0 saturated carbocycles. The van der Waals surface area contributed by atoms with E-state index in [9.17, 15) is 18.0 Å². The fraction of sp³-hybridized carbons (Fsp3) is 0.238. The van der Waals surface area contributed by atoms with Gasteiger partial charge in [0.25, 0.3) is 0 Å². The molecule has 0 unspecified atom stereocenters. The minimum absolute atomic E-state index is 0.0294. The van der Waals surface area contributed by atoms with Gasteiger partial charge in [0, 0.05) is 11.8 Å². The van der Waals surface area contributed by atoms with Crippen LogP contribution in [0.2, 0.25) is 5.02 Å². The van der Waals surface area contributed by atoms with Gasteiger partial charge in [-0.25, -0.2) is 4.98 Å². The second-order valence-corrected chi connectivity index (χ2v) is 6.89. The van der Waals surface area contributed by atoms with Crippen LogP contribution >= 0.6 is 11.6 Å². The second-order valence-electron chi connectivity index (χ2n) is 6.48. The Labute approximate surface area is 169 Å². The number of benzene rings is 2. The molecule has 0 radical (unpaired) electrons. The summed E-state index contributed by atoms with van der Waals surface area (Å²) in [5.74, 6) is -0.214. The number of hydrogen-bond acceptors (Lipinski definition) is 3. The summed E-state index contributed by atoms with van der Waals surface area (Å²) in [7, 11) is 0. The van der Waals surface area contributed by atoms with Crippen LogP contribution in [0, 0.1) is 0 Å². The summed E-state index contributed by atoms with van der Waals surface area (Å²) in [5.41, 5.74) is 0.738. The van der Waals surface area contributed by atoms with Crippen molar-refractivity contribution in [2.45, 2.75) is 32.0 Å². The lowest BCUT2D eigenvalue weighted by atomic mass is 10.1. The second kappa shape index (κ2) is 8.69. The van der Waals surface area contributed by atoms with Crippen molar-refractivity contribution in [1.82, 2.24) is 4.98 Å².